The van der Waals surface area contributed by atoms with E-state index < -0.39 is 6.09 Å². The van der Waals surface area contributed by atoms with Crippen LogP contribution < -0.4 is 11.2 Å². The summed E-state index contributed by atoms with van der Waals surface area (Å²) in [6, 6.07) is 5.81. The topological polar surface area (TPSA) is 70.8 Å². The molecule has 0 bridgehead atoms. The fraction of sp³-hybridized carbons (Fsp3) is 0.533. The molecule has 0 unspecified atom stereocenters. The van der Waals surface area contributed by atoms with Gasteiger partial charge in [-0.3, -0.25) is 0 Å². The summed E-state index contributed by atoms with van der Waals surface area (Å²) in [5.41, 5.74) is 7.12. The van der Waals surface area contributed by atoms with E-state index in [9.17, 15) is 4.79 Å². The maximum Gasteiger partial charge on any atom is 0.494 e. The third-order valence-corrected chi connectivity index (χ3v) is 4.26. The largest absolute Gasteiger partial charge is 0.494 e. The second kappa shape index (κ2) is 5.35. The average Bonchev–Trinajstić information content (AvgIpc) is 2.56. The zero-order valence-electron chi connectivity index (χ0n) is 13.2. The van der Waals surface area contributed by atoms with Crippen molar-refractivity contribution < 1.29 is 18.8 Å². The molecular formula is C15H22BNO4. The molecule has 1 aromatic carbocycles. The summed E-state index contributed by atoms with van der Waals surface area (Å²) in [4.78, 5) is 10.7. The number of benzene rings is 1. The van der Waals surface area contributed by atoms with E-state index in [4.69, 9.17) is 19.8 Å². The van der Waals surface area contributed by atoms with E-state index in [0.29, 0.717) is 0 Å². The first-order valence-corrected chi connectivity index (χ1v) is 7.00. The SMILES string of the molecule is Cc1cc(B2OC(C)(C)C(C)(C)O2)ccc1COC(N)=O. The number of carbonyl (C=O) groups is 1. The number of carbonyl (C=O) groups excluding carboxylic acids is 1. The minimum absolute atomic E-state index is 0.171. The van der Waals surface area contributed by atoms with Crippen LogP contribution in [0.2, 0.25) is 0 Å². The number of ether oxygens (including phenoxy) is 1. The Balaban J connectivity index is 2.16. The molecule has 0 saturated carbocycles. The van der Waals surface area contributed by atoms with Gasteiger partial charge in [0.15, 0.2) is 0 Å². The van der Waals surface area contributed by atoms with E-state index in [-0.39, 0.29) is 24.9 Å². The van der Waals surface area contributed by atoms with Crippen molar-refractivity contribution in [3.05, 3.63) is 29.3 Å². The predicted octanol–water partition coefficient (Wildman–Crippen LogP) is 1.89. The van der Waals surface area contributed by atoms with E-state index in [0.717, 1.165) is 16.6 Å². The van der Waals surface area contributed by atoms with Crippen LogP contribution in [-0.4, -0.2) is 24.4 Å². The second-order valence-corrected chi connectivity index (χ2v) is 6.38. The number of hydrogen-bond donors (Lipinski definition) is 1. The lowest BCUT2D eigenvalue weighted by atomic mass is 9.78. The van der Waals surface area contributed by atoms with Crippen molar-refractivity contribution in [1.82, 2.24) is 0 Å². The summed E-state index contributed by atoms with van der Waals surface area (Å²) < 4.78 is 16.8. The molecule has 1 aliphatic rings. The summed E-state index contributed by atoms with van der Waals surface area (Å²) in [6.07, 6.45) is -0.774. The lowest BCUT2D eigenvalue weighted by Gasteiger charge is -2.32. The quantitative estimate of drug-likeness (QED) is 0.863. The average molecular weight is 291 g/mol. The van der Waals surface area contributed by atoms with Crippen molar-refractivity contribution in [1.29, 1.82) is 0 Å². The fourth-order valence-corrected chi connectivity index (χ4v) is 2.16. The van der Waals surface area contributed by atoms with Gasteiger partial charge in [-0.1, -0.05) is 18.2 Å². The molecule has 1 aromatic rings. The fourth-order valence-electron chi connectivity index (χ4n) is 2.16. The molecule has 2 rings (SSSR count). The number of nitrogens with two attached hydrogens (primary N) is 1. The molecule has 1 aliphatic heterocycles. The van der Waals surface area contributed by atoms with Crippen LogP contribution in [0.5, 0.6) is 0 Å². The maximum absolute atomic E-state index is 10.7. The molecule has 6 heteroatoms. The highest BCUT2D eigenvalue weighted by molar-refractivity contribution is 6.62. The van der Waals surface area contributed by atoms with E-state index in [1.54, 1.807) is 0 Å². The molecule has 0 aliphatic carbocycles. The van der Waals surface area contributed by atoms with Gasteiger partial charge < -0.3 is 19.8 Å². The number of hydrogen-bond acceptors (Lipinski definition) is 4. The Morgan fingerprint density at radius 1 is 1.24 bits per heavy atom. The number of rotatable bonds is 3. The molecule has 114 valence electrons. The second-order valence-electron chi connectivity index (χ2n) is 6.38. The first-order chi connectivity index (χ1) is 9.62. The Kier molecular flexibility index (Phi) is 4.04. The standard InChI is InChI=1S/C15H22BNO4/c1-10-8-12(7-6-11(10)9-19-13(17)18)16-20-14(2,3)15(4,5)21-16/h6-8H,9H2,1-5H3,(H2,17,18). The van der Waals surface area contributed by atoms with Crippen molar-refractivity contribution in [2.24, 2.45) is 5.73 Å². The lowest BCUT2D eigenvalue weighted by Crippen LogP contribution is -2.41. The highest BCUT2D eigenvalue weighted by atomic mass is 16.7. The van der Waals surface area contributed by atoms with Gasteiger partial charge in [0.1, 0.15) is 6.61 Å². The number of aryl methyl sites for hydroxylation is 1. The first-order valence-electron chi connectivity index (χ1n) is 7.00. The summed E-state index contributed by atoms with van der Waals surface area (Å²) in [7, 11) is -0.389. The van der Waals surface area contributed by atoms with Crippen molar-refractivity contribution >= 4 is 18.7 Å². The van der Waals surface area contributed by atoms with Crippen molar-refractivity contribution in [3.8, 4) is 0 Å². The van der Waals surface area contributed by atoms with E-state index >= 15 is 0 Å². The van der Waals surface area contributed by atoms with Gasteiger partial charge in [-0.2, -0.15) is 0 Å². The lowest BCUT2D eigenvalue weighted by molar-refractivity contribution is 0.00578. The third kappa shape index (κ3) is 3.22. The Bertz CT molecular complexity index is 541. The molecule has 2 N–H and O–H groups in total. The minimum Gasteiger partial charge on any atom is -0.445 e. The molecule has 1 saturated heterocycles. The van der Waals surface area contributed by atoms with Gasteiger partial charge in [0.05, 0.1) is 11.2 Å². The van der Waals surface area contributed by atoms with Crippen LogP contribution in [0.4, 0.5) is 4.79 Å². The van der Waals surface area contributed by atoms with Crippen molar-refractivity contribution in [3.63, 3.8) is 0 Å². The van der Waals surface area contributed by atoms with Crippen LogP contribution >= 0.6 is 0 Å². The molecule has 1 amide bonds. The van der Waals surface area contributed by atoms with Crippen LogP contribution in [0.15, 0.2) is 18.2 Å². The van der Waals surface area contributed by atoms with E-state index in [1.807, 2.05) is 52.8 Å². The van der Waals surface area contributed by atoms with E-state index in [2.05, 4.69) is 0 Å². The molecule has 0 radical (unpaired) electrons. The van der Waals surface area contributed by atoms with Gasteiger partial charge in [-0.05, 0) is 51.2 Å². The zero-order valence-corrected chi connectivity index (χ0v) is 13.2. The third-order valence-electron chi connectivity index (χ3n) is 4.26. The Morgan fingerprint density at radius 3 is 2.29 bits per heavy atom. The molecule has 1 heterocycles. The first kappa shape index (κ1) is 15.9. The Hall–Kier alpha value is -1.53. The number of primary amides is 1. The van der Waals surface area contributed by atoms with Crippen molar-refractivity contribution in [2.45, 2.75) is 52.4 Å². The molecular weight excluding hydrogens is 269 g/mol. The van der Waals surface area contributed by atoms with Gasteiger partial charge in [0.2, 0.25) is 0 Å². The molecule has 0 atom stereocenters. The van der Waals surface area contributed by atoms with Crippen LogP contribution in [-0.2, 0) is 20.7 Å². The van der Waals surface area contributed by atoms with Crippen LogP contribution in [0.1, 0.15) is 38.8 Å². The van der Waals surface area contributed by atoms with Gasteiger partial charge in [-0.15, -0.1) is 0 Å². The van der Waals surface area contributed by atoms with Gasteiger partial charge in [0.25, 0.3) is 0 Å². The molecule has 1 fully saturated rings. The predicted molar refractivity (Wildman–Crippen MR) is 81.3 cm³/mol. The normalized spacial score (nSPS) is 19.6. The monoisotopic (exact) mass is 291 g/mol. The molecule has 0 aromatic heterocycles. The Labute approximate surface area is 125 Å². The maximum atomic E-state index is 10.7. The molecule has 5 nitrogen and oxygen atoms in total. The highest BCUT2D eigenvalue weighted by Gasteiger charge is 2.51. The minimum atomic E-state index is -0.774. The van der Waals surface area contributed by atoms with Gasteiger partial charge in [0, 0.05) is 0 Å². The summed E-state index contributed by atoms with van der Waals surface area (Å²) in [5, 5.41) is 0. The van der Waals surface area contributed by atoms with Crippen molar-refractivity contribution in [2.75, 3.05) is 0 Å². The smallest absolute Gasteiger partial charge is 0.445 e. The zero-order chi connectivity index (χ0) is 15.8. The van der Waals surface area contributed by atoms with Crippen LogP contribution in [0, 0.1) is 6.92 Å². The number of amides is 1. The van der Waals surface area contributed by atoms with E-state index in [1.165, 1.54) is 0 Å². The van der Waals surface area contributed by atoms with Crippen LogP contribution in [0.25, 0.3) is 0 Å². The van der Waals surface area contributed by atoms with Crippen LogP contribution in [0.3, 0.4) is 0 Å². The molecule has 0 spiro atoms. The highest BCUT2D eigenvalue weighted by Crippen LogP contribution is 2.36. The molecule has 21 heavy (non-hydrogen) atoms. The summed E-state index contributed by atoms with van der Waals surface area (Å²) in [6.45, 7) is 10.2. The van der Waals surface area contributed by atoms with Gasteiger partial charge in [-0.25, -0.2) is 4.79 Å². The summed E-state index contributed by atoms with van der Waals surface area (Å²) >= 11 is 0. The van der Waals surface area contributed by atoms with Gasteiger partial charge >= 0.3 is 13.2 Å². The Morgan fingerprint density at radius 2 is 1.81 bits per heavy atom. The summed E-state index contributed by atoms with van der Waals surface area (Å²) in [5.74, 6) is 0.